The number of carbonyl (C=O) groups is 1. The molecule has 2 heterocycles. The zero-order valence-electron chi connectivity index (χ0n) is 10.9. The molecule has 0 N–H and O–H groups in total. The van der Waals surface area contributed by atoms with E-state index < -0.39 is 12.7 Å². The molecule has 1 saturated heterocycles. The van der Waals surface area contributed by atoms with Crippen LogP contribution in [0.5, 0.6) is 0 Å². The monoisotopic (exact) mass is 360 g/mol. The molecule has 0 saturated carbocycles. The summed E-state index contributed by atoms with van der Waals surface area (Å²) < 4.78 is 37.6. The zero-order chi connectivity index (χ0) is 15.6. The van der Waals surface area contributed by atoms with Crippen LogP contribution in [0.2, 0.25) is 8.67 Å². The van der Waals surface area contributed by atoms with Crippen LogP contribution in [0.1, 0.15) is 10.4 Å². The second kappa shape index (κ2) is 6.83. The molecule has 21 heavy (non-hydrogen) atoms. The molecule has 0 aromatic carbocycles. The number of halogens is 5. The summed E-state index contributed by atoms with van der Waals surface area (Å²) in [5.74, 6) is -0.160. The minimum atomic E-state index is -4.18. The van der Waals surface area contributed by atoms with Gasteiger partial charge in [0, 0.05) is 26.2 Å². The van der Waals surface area contributed by atoms with Crippen LogP contribution in [0.15, 0.2) is 6.07 Å². The molecule has 2 rings (SSSR count). The number of carbonyl (C=O) groups excluding carboxylic acids is 1. The number of hydrogen-bond donors (Lipinski definition) is 0. The lowest BCUT2D eigenvalue weighted by atomic mass is 10.2. The second-order valence-electron chi connectivity index (χ2n) is 4.83. The zero-order valence-corrected chi connectivity index (χ0v) is 13.2. The minimum absolute atomic E-state index is 0.145. The molecule has 0 bridgehead atoms. The first-order valence-corrected chi connectivity index (χ1v) is 7.81. The summed E-state index contributed by atoms with van der Waals surface area (Å²) in [6.45, 7) is 0.692. The molecule has 1 fully saturated rings. The lowest BCUT2D eigenvalue weighted by molar-refractivity contribution is -0.149. The van der Waals surface area contributed by atoms with E-state index in [4.69, 9.17) is 23.2 Å². The smallest absolute Gasteiger partial charge is 0.293 e. The Morgan fingerprint density at radius 3 is 2.24 bits per heavy atom. The van der Waals surface area contributed by atoms with Gasteiger partial charge in [0.1, 0.15) is 4.34 Å². The van der Waals surface area contributed by atoms with Crippen molar-refractivity contribution in [2.45, 2.75) is 6.18 Å². The maximum atomic E-state index is 12.3. The summed E-state index contributed by atoms with van der Waals surface area (Å²) in [7, 11) is 0. The van der Waals surface area contributed by atoms with Gasteiger partial charge < -0.3 is 0 Å². The number of hydrogen-bond acceptors (Lipinski definition) is 4. The molecule has 0 atom stereocenters. The van der Waals surface area contributed by atoms with Crippen LogP contribution in [-0.4, -0.2) is 61.0 Å². The van der Waals surface area contributed by atoms with Crippen molar-refractivity contribution in [3.05, 3.63) is 20.3 Å². The van der Waals surface area contributed by atoms with Gasteiger partial charge in [-0.1, -0.05) is 23.2 Å². The number of piperazine rings is 1. The quantitative estimate of drug-likeness (QED) is 0.768. The van der Waals surface area contributed by atoms with Gasteiger partial charge in [0.25, 0.3) is 0 Å². The first-order valence-electron chi connectivity index (χ1n) is 6.24. The van der Waals surface area contributed by atoms with Crippen molar-refractivity contribution in [1.82, 2.24) is 9.80 Å². The van der Waals surface area contributed by atoms with Crippen LogP contribution in [-0.2, 0) is 0 Å². The molecule has 0 unspecified atom stereocenters. The first kappa shape index (κ1) is 17.0. The van der Waals surface area contributed by atoms with Crippen LogP contribution in [0.4, 0.5) is 13.2 Å². The lowest BCUT2D eigenvalue weighted by Gasteiger charge is -2.34. The summed E-state index contributed by atoms with van der Waals surface area (Å²) in [5.41, 5.74) is 0.379. The Morgan fingerprint density at radius 2 is 1.76 bits per heavy atom. The highest BCUT2D eigenvalue weighted by Crippen LogP contribution is 2.31. The fourth-order valence-electron chi connectivity index (χ4n) is 2.18. The highest BCUT2D eigenvalue weighted by Gasteiger charge is 2.32. The van der Waals surface area contributed by atoms with Gasteiger partial charge in [0.05, 0.1) is 23.0 Å². The Labute approximate surface area is 134 Å². The van der Waals surface area contributed by atoms with E-state index in [1.807, 2.05) is 4.90 Å². The number of ketones is 1. The number of thiophene rings is 1. The van der Waals surface area contributed by atoms with E-state index >= 15 is 0 Å². The molecule has 1 aliphatic heterocycles. The normalized spacial score (nSPS) is 18.1. The summed E-state index contributed by atoms with van der Waals surface area (Å²) in [6.07, 6.45) is -4.18. The predicted octanol–water partition coefficient (Wildman–Crippen LogP) is 3.42. The maximum absolute atomic E-state index is 12.3. The fourth-order valence-corrected chi connectivity index (χ4v) is 3.68. The van der Waals surface area contributed by atoms with Crippen molar-refractivity contribution in [2.75, 3.05) is 39.3 Å². The Kier molecular flexibility index (Phi) is 5.54. The topological polar surface area (TPSA) is 23.6 Å². The van der Waals surface area contributed by atoms with Gasteiger partial charge >= 0.3 is 6.18 Å². The largest absolute Gasteiger partial charge is 0.401 e. The first-order chi connectivity index (χ1) is 9.74. The van der Waals surface area contributed by atoms with E-state index in [0.717, 1.165) is 11.3 Å². The van der Waals surface area contributed by atoms with E-state index in [0.29, 0.717) is 40.4 Å². The Balaban J connectivity index is 1.83. The molecule has 1 aliphatic rings. The summed E-state index contributed by atoms with van der Waals surface area (Å²) in [5, 5.41) is 0. The molecule has 0 aliphatic carbocycles. The van der Waals surface area contributed by atoms with Gasteiger partial charge in [-0.25, -0.2) is 0 Å². The van der Waals surface area contributed by atoms with E-state index in [1.165, 1.54) is 11.0 Å². The maximum Gasteiger partial charge on any atom is 0.401 e. The van der Waals surface area contributed by atoms with Crippen LogP contribution in [0, 0.1) is 0 Å². The van der Waals surface area contributed by atoms with E-state index in [1.54, 1.807) is 0 Å². The van der Waals surface area contributed by atoms with Gasteiger partial charge in [-0.2, -0.15) is 13.2 Å². The minimum Gasteiger partial charge on any atom is -0.293 e. The van der Waals surface area contributed by atoms with E-state index in [-0.39, 0.29) is 12.3 Å². The SMILES string of the molecule is O=C(CN1CCN(CC(F)(F)F)CC1)c1cc(Cl)sc1Cl. The van der Waals surface area contributed by atoms with Crippen molar-refractivity contribution < 1.29 is 18.0 Å². The summed E-state index contributed by atoms with van der Waals surface area (Å²) in [6, 6.07) is 1.52. The van der Waals surface area contributed by atoms with Gasteiger partial charge in [-0.3, -0.25) is 14.6 Å². The summed E-state index contributed by atoms with van der Waals surface area (Å²) >= 11 is 12.8. The van der Waals surface area contributed by atoms with E-state index in [9.17, 15) is 18.0 Å². The van der Waals surface area contributed by atoms with Crippen molar-refractivity contribution in [3.63, 3.8) is 0 Å². The third-order valence-electron chi connectivity index (χ3n) is 3.19. The third kappa shape index (κ3) is 5.10. The fraction of sp³-hybridized carbons (Fsp3) is 0.583. The van der Waals surface area contributed by atoms with Crippen molar-refractivity contribution in [2.24, 2.45) is 0 Å². The third-order valence-corrected chi connectivity index (χ3v) is 4.68. The number of rotatable bonds is 4. The Hall–Kier alpha value is -0.340. The Bertz CT molecular complexity index is 513. The molecular weight excluding hydrogens is 348 g/mol. The van der Waals surface area contributed by atoms with Crippen LogP contribution in [0.25, 0.3) is 0 Å². The molecule has 0 radical (unpaired) electrons. The number of Topliss-reactive ketones (excluding diaryl/α,β-unsaturated/α-hetero) is 1. The number of nitrogens with zero attached hydrogens (tertiary/aromatic N) is 2. The standard InChI is InChI=1S/C12H13Cl2F3N2OS/c13-10-5-8(11(14)21-10)9(20)6-18-1-3-19(4-2-18)7-12(15,16)17/h5H,1-4,6-7H2. The highest BCUT2D eigenvalue weighted by atomic mass is 35.5. The van der Waals surface area contributed by atoms with Crippen molar-refractivity contribution in [3.8, 4) is 0 Å². The van der Waals surface area contributed by atoms with E-state index in [2.05, 4.69) is 0 Å². The molecule has 1 aromatic heterocycles. The van der Waals surface area contributed by atoms with Crippen LogP contribution >= 0.6 is 34.5 Å². The highest BCUT2D eigenvalue weighted by molar-refractivity contribution is 7.20. The molecule has 0 spiro atoms. The van der Waals surface area contributed by atoms with Crippen LogP contribution < -0.4 is 0 Å². The predicted molar refractivity (Wildman–Crippen MR) is 77.6 cm³/mol. The molecule has 3 nitrogen and oxygen atoms in total. The number of alkyl halides is 3. The molecule has 9 heteroatoms. The van der Waals surface area contributed by atoms with Gasteiger partial charge in [-0.05, 0) is 6.07 Å². The molecule has 0 amide bonds. The van der Waals surface area contributed by atoms with Crippen molar-refractivity contribution >= 4 is 40.3 Å². The average molecular weight is 361 g/mol. The van der Waals surface area contributed by atoms with Crippen LogP contribution in [0.3, 0.4) is 0 Å². The summed E-state index contributed by atoms with van der Waals surface area (Å²) in [4.78, 5) is 15.3. The van der Waals surface area contributed by atoms with Gasteiger partial charge in [0.2, 0.25) is 0 Å². The Morgan fingerprint density at radius 1 is 1.19 bits per heavy atom. The molecule has 118 valence electrons. The molecule has 1 aromatic rings. The second-order valence-corrected chi connectivity index (χ2v) is 7.11. The van der Waals surface area contributed by atoms with Crippen molar-refractivity contribution in [1.29, 1.82) is 0 Å². The van der Waals surface area contributed by atoms with Gasteiger partial charge in [0.15, 0.2) is 5.78 Å². The lowest BCUT2D eigenvalue weighted by Crippen LogP contribution is -2.50. The average Bonchev–Trinajstić information content (AvgIpc) is 2.69. The van der Waals surface area contributed by atoms with Gasteiger partial charge in [-0.15, -0.1) is 11.3 Å². The molecular formula is C12H13Cl2F3N2OS.